The number of ether oxygens (including phenoxy) is 2. The Morgan fingerprint density at radius 2 is 1.86 bits per heavy atom. The molecule has 0 aromatic heterocycles. The number of esters is 1. The van der Waals surface area contributed by atoms with Gasteiger partial charge in [0.25, 0.3) is 5.79 Å². The third-order valence-corrected chi connectivity index (χ3v) is 4.02. The van der Waals surface area contributed by atoms with E-state index >= 15 is 0 Å². The summed E-state index contributed by atoms with van der Waals surface area (Å²) in [6.45, 7) is 2.60. The van der Waals surface area contributed by atoms with Crippen molar-refractivity contribution in [3.8, 4) is 0 Å². The zero-order valence-electron chi connectivity index (χ0n) is 12.3. The maximum absolute atomic E-state index is 12.2. The van der Waals surface area contributed by atoms with Crippen LogP contribution in [0.3, 0.4) is 0 Å². The lowest BCUT2D eigenvalue weighted by molar-refractivity contribution is -0.174. The molecule has 0 unspecified atom stereocenters. The van der Waals surface area contributed by atoms with Crippen molar-refractivity contribution < 1.29 is 14.3 Å². The number of hydrogen-bond donors (Lipinski definition) is 0. The molecule has 0 spiro atoms. The van der Waals surface area contributed by atoms with Gasteiger partial charge < -0.3 is 9.47 Å². The summed E-state index contributed by atoms with van der Waals surface area (Å²) in [7, 11) is 0. The van der Waals surface area contributed by atoms with Gasteiger partial charge in [0, 0.05) is 16.1 Å². The first-order valence-corrected chi connectivity index (χ1v) is 7.78. The summed E-state index contributed by atoms with van der Waals surface area (Å²) >= 11 is 5.97. The number of fused-ring (bicyclic) bond motifs is 1. The molecule has 1 atom stereocenters. The molecule has 1 heterocycles. The van der Waals surface area contributed by atoms with Gasteiger partial charge in [-0.15, -0.1) is 0 Å². The molecule has 4 heteroatoms. The fourth-order valence-electron chi connectivity index (χ4n) is 2.62. The fraction of sp³-hybridized carbons (Fsp3) is 0.278. The van der Waals surface area contributed by atoms with Gasteiger partial charge in [0.15, 0.2) is 0 Å². The van der Waals surface area contributed by atoms with Crippen molar-refractivity contribution in [3.05, 3.63) is 70.2 Å². The summed E-state index contributed by atoms with van der Waals surface area (Å²) in [5, 5.41) is 0.630. The molecule has 0 amide bonds. The predicted molar refractivity (Wildman–Crippen MR) is 84.9 cm³/mol. The van der Waals surface area contributed by atoms with Gasteiger partial charge in [-0.25, -0.2) is 4.79 Å². The fourth-order valence-corrected chi connectivity index (χ4v) is 2.75. The van der Waals surface area contributed by atoms with Crippen LogP contribution in [0.1, 0.15) is 41.3 Å². The van der Waals surface area contributed by atoms with Crippen LogP contribution in [0, 0.1) is 0 Å². The maximum atomic E-state index is 12.2. The van der Waals surface area contributed by atoms with E-state index in [2.05, 4.69) is 6.92 Å². The Bertz CT molecular complexity index is 681. The van der Waals surface area contributed by atoms with Crippen molar-refractivity contribution >= 4 is 17.6 Å². The summed E-state index contributed by atoms with van der Waals surface area (Å²) in [6, 6.07) is 14.6. The van der Waals surface area contributed by atoms with Crippen molar-refractivity contribution in [2.24, 2.45) is 0 Å². The standard InChI is InChI=1S/C18H17ClO3/c1-2-3-12-21-18(13-8-10-14(19)11-9-13)16-7-5-4-6-15(16)17(20)22-18/h4-11H,2-3,12H2,1H3/t18-/m0/s1. The smallest absolute Gasteiger partial charge is 0.341 e. The van der Waals surface area contributed by atoms with Crippen molar-refractivity contribution in [2.75, 3.05) is 6.61 Å². The molecule has 0 saturated heterocycles. The molecule has 3 rings (SSSR count). The molecule has 0 fully saturated rings. The Morgan fingerprint density at radius 1 is 1.14 bits per heavy atom. The van der Waals surface area contributed by atoms with E-state index in [1.54, 1.807) is 18.2 Å². The predicted octanol–water partition coefficient (Wildman–Crippen LogP) is 4.53. The average molecular weight is 317 g/mol. The Balaban J connectivity index is 2.09. The Labute approximate surface area is 134 Å². The van der Waals surface area contributed by atoms with Gasteiger partial charge in [0.2, 0.25) is 0 Å². The largest absolute Gasteiger partial charge is 0.420 e. The molecule has 114 valence electrons. The molecule has 1 aliphatic heterocycles. The van der Waals surface area contributed by atoms with Gasteiger partial charge in [-0.05, 0) is 24.6 Å². The molecule has 2 aromatic carbocycles. The van der Waals surface area contributed by atoms with Crippen LogP contribution in [-0.2, 0) is 15.3 Å². The van der Waals surface area contributed by atoms with Gasteiger partial charge in [-0.2, -0.15) is 0 Å². The molecular formula is C18H17ClO3. The second-order valence-corrected chi connectivity index (χ2v) is 5.70. The van der Waals surface area contributed by atoms with Crippen LogP contribution in [0.15, 0.2) is 48.5 Å². The van der Waals surface area contributed by atoms with E-state index in [9.17, 15) is 4.79 Å². The van der Waals surface area contributed by atoms with Crippen molar-refractivity contribution in [1.29, 1.82) is 0 Å². The second kappa shape index (κ2) is 6.11. The Hall–Kier alpha value is -1.84. The zero-order chi connectivity index (χ0) is 15.6. The third kappa shape index (κ3) is 2.51. The zero-order valence-corrected chi connectivity index (χ0v) is 13.1. The normalized spacial score (nSPS) is 19.8. The Morgan fingerprint density at radius 3 is 2.59 bits per heavy atom. The quantitative estimate of drug-likeness (QED) is 0.600. The van der Waals surface area contributed by atoms with Gasteiger partial charge in [-0.3, -0.25) is 0 Å². The minimum Gasteiger partial charge on any atom is -0.420 e. The molecule has 0 aliphatic carbocycles. The molecule has 0 N–H and O–H groups in total. The van der Waals surface area contributed by atoms with E-state index in [0.717, 1.165) is 24.0 Å². The Kier molecular flexibility index (Phi) is 4.19. The second-order valence-electron chi connectivity index (χ2n) is 5.26. The lowest BCUT2D eigenvalue weighted by atomic mass is 9.95. The number of carbonyl (C=O) groups is 1. The van der Waals surface area contributed by atoms with E-state index in [1.807, 2.05) is 30.3 Å². The SMILES string of the molecule is CCCCO[C@@]1(c2ccc(Cl)cc2)OC(=O)c2ccccc21. The van der Waals surface area contributed by atoms with Gasteiger partial charge in [0.05, 0.1) is 12.2 Å². The lowest BCUT2D eigenvalue weighted by Crippen LogP contribution is -2.32. The van der Waals surface area contributed by atoms with Crippen LogP contribution in [0.4, 0.5) is 0 Å². The van der Waals surface area contributed by atoms with Gasteiger partial charge in [-0.1, -0.05) is 55.3 Å². The summed E-state index contributed by atoms with van der Waals surface area (Å²) in [5.74, 6) is -1.53. The molecule has 0 saturated carbocycles. The van der Waals surface area contributed by atoms with Crippen molar-refractivity contribution in [1.82, 2.24) is 0 Å². The number of benzene rings is 2. The summed E-state index contributed by atoms with van der Waals surface area (Å²) in [4.78, 5) is 12.2. The van der Waals surface area contributed by atoms with Crippen molar-refractivity contribution in [3.63, 3.8) is 0 Å². The minimum absolute atomic E-state index is 0.359. The minimum atomic E-state index is -1.17. The van der Waals surface area contributed by atoms with E-state index in [0.29, 0.717) is 17.2 Å². The number of halogens is 1. The van der Waals surface area contributed by atoms with Crippen LogP contribution in [0.2, 0.25) is 5.02 Å². The number of carbonyl (C=O) groups excluding carboxylic acids is 1. The van der Waals surface area contributed by atoms with E-state index in [1.165, 1.54) is 0 Å². The molecule has 2 aromatic rings. The molecule has 3 nitrogen and oxygen atoms in total. The highest BCUT2D eigenvalue weighted by Crippen LogP contribution is 2.43. The van der Waals surface area contributed by atoms with Crippen molar-refractivity contribution in [2.45, 2.75) is 25.6 Å². The van der Waals surface area contributed by atoms with E-state index < -0.39 is 5.79 Å². The highest BCUT2D eigenvalue weighted by molar-refractivity contribution is 6.30. The van der Waals surface area contributed by atoms with E-state index in [-0.39, 0.29) is 5.97 Å². The van der Waals surface area contributed by atoms with Crippen LogP contribution >= 0.6 is 11.6 Å². The number of cyclic esters (lactones) is 1. The molecular weight excluding hydrogens is 300 g/mol. The van der Waals surface area contributed by atoms with Crippen LogP contribution < -0.4 is 0 Å². The summed E-state index contributed by atoms with van der Waals surface area (Å²) in [5.41, 5.74) is 2.07. The van der Waals surface area contributed by atoms with Crippen LogP contribution in [-0.4, -0.2) is 12.6 Å². The number of rotatable bonds is 5. The third-order valence-electron chi connectivity index (χ3n) is 3.77. The first-order chi connectivity index (χ1) is 10.7. The van der Waals surface area contributed by atoms with Gasteiger partial charge in [0.1, 0.15) is 0 Å². The van der Waals surface area contributed by atoms with Crippen LogP contribution in [0.25, 0.3) is 0 Å². The van der Waals surface area contributed by atoms with Crippen LogP contribution in [0.5, 0.6) is 0 Å². The number of unbranched alkanes of at least 4 members (excludes halogenated alkanes) is 1. The molecule has 1 aliphatic rings. The summed E-state index contributed by atoms with van der Waals surface area (Å²) in [6.07, 6.45) is 1.90. The van der Waals surface area contributed by atoms with E-state index in [4.69, 9.17) is 21.1 Å². The maximum Gasteiger partial charge on any atom is 0.341 e. The first kappa shape index (κ1) is 15.1. The molecule has 22 heavy (non-hydrogen) atoms. The first-order valence-electron chi connectivity index (χ1n) is 7.40. The lowest BCUT2D eigenvalue weighted by Gasteiger charge is -2.29. The topological polar surface area (TPSA) is 35.5 Å². The highest BCUT2D eigenvalue weighted by Gasteiger charge is 2.48. The number of hydrogen-bond acceptors (Lipinski definition) is 3. The summed E-state index contributed by atoms with van der Waals surface area (Å²) < 4.78 is 11.8. The molecule has 0 radical (unpaired) electrons. The monoisotopic (exact) mass is 316 g/mol. The highest BCUT2D eigenvalue weighted by atomic mass is 35.5. The van der Waals surface area contributed by atoms with Gasteiger partial charge >= 0.3 is 5.97 Å². The average Bonchev–Trinajstić information content (AvgIpc) is 2.83. The molecule has 0 bridgehead atoms.